The van der Waals surface area contributed by atoms with Crippen molar-refractivity contribution >= 4 is 11.8 Å². The zero-order valence-electron chi connectivity index (χ0n) is 22.4. The van der Waals surface area contributed by atoms with Crippen molar-refractivity contribution in [1.29, 1.82) is 0 Å². The van der Waals surface area contributed by atoms with Crippen LogP contribution in [-0.2, 0) is 4.79 Å². The van der Waals surface area contributed by atoms with E-state index in [1.165, 1.54) is 0 Å². The first-order chi connectivity index (χ1) is 17.6. The number of likely N-dealkylation sites (N-methyl/N-ethyl adjacent to an activating group) is 2. The smallest absolute Gasteiger partial charge is 0.259 e. The molecule has 3 rings (SSSR count). The van der Waals surface area contributed by atoms with Crippen LogP contribution in [0.25, 0.3) is 0 Å². The highest BCUT2D eigenvalue weighted by atomic mass is 16.5. The molecule has 0 unspecified atom stereocenters. The maximum Gasteiger partial charge on any atom is 0.259 e. The van der Waals surface area contributed by atoms with Gasteiger partial charge in [0.2, 0.25) is 11.8 Å². The molecular formula is C28H36N4O5. The Morgan fingerprint density at radius 3 is 2.54 bits per heavy atom. The zero-order chi connectivity index (χ0) is 27.1. The van der Waals surface area contributed by atoms with Gasteiger partial charge in [-0.3, -0.25) is 9.59 Å². The molecule has 0 spiro atoms. The Morgan fingerprint density at radius 1 is 1.24 bits per heavy atom. The quantitative estimate of drug-likeness (QED) is 0.569. The number of carbonyl (C=O) groups excluding carboxylic acids is 2. The number of nitrogens with zero attached hydrogens (tertiary/aromatic N) is 4. The van der Waals surface area contributed by atoms with Gasteiger partial charge in [0, 0.05) is 36.8 Å². The van der Waals surface area contributed by atoms with Gasteiger partial charge in [-0.05, 0) is 51.4 Å². The van der Waals surface area contributed by atoms with Crippen LogP contribution >= 0.6 is 0 Å². The molecular weight excluding hydrogens is 472 g/mol. The maximum atomic E-state index is 13.6. The maximum absolute atomic E-state index is 13.6. The second kappa shape index (κ2) is 12.6. The topological polar surface area (TPSA) is 95.4 Å². The first-order valence-electron chi connectivity index (χ1n) is 12.3. The van der Waals surface area contributed by atoms with Gasteiger partial charge in [0.15, 0.2) is 0 Å². The summed E-state index contributed by atoms with van der Waals surface area (Å²) in [7, 11) is 7.03. The Labute approximate surface area is 219 Å². The van der Waals surface area contributed by atoms with E-state index in [0.29, 0.717) is 18.7 Å². The Kier molecular flexibility index (Phi) is 9.50. The molecule has 2 aromatic rings. The van der Waals surface area contributed by atoms with E-state index >= 15 is 0 Å². The van der Waals surface area contributed by atoms with Crippen molar-refractivity contribution < 1.29 is 24.2 Å². The number of benzene rings is 1. The molecule has 3 atom stereocenters. The van der Waals surface area contributed by atoms with Gasteiger partial charge in [0.05, 0.1) is 32.8 Å². The largest absolute Gasteiger partial charge is 0.497 e. The number of aromatic nitrogens is 1. The summed E-state index contributed by atoms with van der Waals surface area (Å²) < 4.78 is 11.4. The van der Waals surface area contributed by atoms with Gasteiger partial charge < -0.3 is 29.3 Å². The van der Waals surface area contributed by atoms with E-state index in [0.717, 1.165) is 11.3 Å². The van der Waals surface area contributed by atoms with Crippen LogP contribution in [0, 0.1) is 17.8 Å². The second-order valence-corrected chi connectivity index (χ2v) is 9.69. The second-order valence-electron chi connectivity index (χ2n) is 9.69. The van der Waals surface area contributed by atoms with Gasteiger partial charge in [0.1, 0.15) is 17.4 Å². The van der Waals surface area contributed by atoms with Gasteiger partial charge in [-0.1, -0.05) is 18.8 Å². The van der Waals surface area contributed by atoms with Crippen LogP contribution in [0.3, 0.4) is 0 Å². The van der Waals surface area contributed by atoms with Crippen LogP contribution in [-0.4, -0.2) is 103 Å². The number of hydrogen-bond donors (Lipinski definition) is 1. The first kappa shape index (κ1) is 28.0. The number of hydrogen-bond acceptors (Lipinski definition) is 7. The van der Waals surface area contributed by atoms with Crippen molar-refractivity contribution in [3.63, 3.8) is 0 Å². The van der Waals surface area contributed by atoms with Gasteiger partial charge in [0.25, 0.3) is 5.91 Å². The van der Waals surface area contributed by atoms with Crippen LogP contribution in [0.4, 0.5) is 0 Å². The first-order valence-corrected chi connectivity index (χ1v) is 12.3. The van der Waals surface area contributed by atoms with Crippen molar-refractivity contribution in [3.8, 4) is 23.5 Å². The summed E-state index contributed by atoms with van der Waals surface area (Å²) in [6.45, 7) is 4.58. The minimum absolute atomic E-state index is 0.0307. The summed E-state index contributed by atoms with van der Waals surface area (Å²) in [6, 6.07) is 8.64. The van der Waals surface area contributed by atoms with Crippen molar-refractivity contribution in [2.75, 3.05) is 54.5 Å². The lowest BCUT2D eigenvalue weighted by Crippen LogP contribution is -2.51. The van der Waals surface area contributed by atoms with E-state index in [4.69, 9.17) is 9.47 Å². The van der Waals surface area contributed by atoms with E-state index in [-0.39, 0.29) is 42.3 Å². The Morgan fingerprint density at radius 2 is 1.92 bits per heavy atom. The third-order valence-corrected chi connectivity index (χ3v) is 6.29. The van der Waals surface area contributed by atoms with E-state index in [1.54, 1.807) is 43.1 Å². The standard InChI is InChI=1S/C28H36N4O5/c1-19-15-32(20(2)18-33)28(35)24-13-22(8-7-21-9-11-23(36-6)12-10-21)14-29-27(24)37-25(19)16-31(5)26(34)17-30(3)4/h9-14,19-20,25,33H,15-18H2,1-6H3/t19-,20+,25+/m1/s1. The lowest BCUT2D eigenvalue weighted by Gasteiger charge is -2.37. The van der Waals surface area contributed by atoms with Crippen molar-refractivity contribution in [2.24, 2.45) is 5.92 Å². The highest BCUT2D eigenvalue weighted by Gasteiger charge is 2.34. The molecule has 198 valence electrons. The van der Waals surface area contributed by atoms with E-state index in [1.807, 2.05) is 50.2 Å². The van der Waals surface area contributed by atoms with Gasteiger partial charge >= 0.3 is 0 Å². The Bertz CT molecular complexity index is 1160. The van der Waals surface area contributed by atoms with Crippen molar-refractivity contribution in [1.82, 2.24) is 19.7 Å². The number of rotatable bonds is 7. The summed E-state index contributed by atoms with van der Waals surface area (Å²) in [5.41, 5.74) is 1.64. The molecule has 1 N–H and O–H groups in total. The number of amides is 2. The van der Waals surface area contributed by atoms with E-state index in [2.05, 4.69) is 16.8 Å². The third-order valence-electron chi connectivity index (χ3n) is 6.29. The summed E-state index contributed by atoms with van der Waals surface area (Å²) in [4.78, 5) is 35.7. The lowest BCUT2D eigenvalue weighted by molar-refractivity contribution is -0.132. The molecule has 0 radical (unpaired) electrons. The molecule has 1 aliphatic rings. The monoisotopic (exact) mass is 508 g/mol. The molecule has 1 aromatic carbocycles. The predicted octanol–water partition coefficient (Wildman–Crippen LogP) is 1.73. The SMILES string of the molecule is COc1ccc(C#Cc2cnc3c(c2)C(=O)N([C@@H](C)CO)C[C@@H](C)[C@H](CN(C)C(=O)CN(C)C)O3)cc1. The molecule has 2 amide bonds. The van der Waals surface area contributed by atoms with Crippen LogP contribution in [0.2, 0.25) is 0 Å². The molecule has 9 nitrogen and oxygen atoms in total. The number of carbonyl (C=O) groups is 2. The number of aliphatic hydroxyl groups excluding tert-OH is 1. The zero-order valence-corrected chi connectivity index (χ0v) is 22.4. The number of ether oxygens (including phenoxy) is 2. The number of pyridine rings is 1. The van der Waals surface area contributed by atoms with E-state index in [9.17, 15) is 14.7 Å². The van der Waals surface area contributed by atoms with Crippen LogP contribution in [0.5, 0.6) is 11.6 Å². The minimum Gasteiger partial charge on any atom is -0.497 e. The molecule has 37 heavy (non-hydrogen) atoms. The molecule has 0 bridgehead atoms. The molecule has 0 fully saturated rings. The van der Waals surface area contributed by atoms with Gasteiger partial charge in [-0.25, -0.2) is 4.98 Å². The fourth-order valence-electron chi connectivity index (χ4n) is 3.97. The summed E-state index contributed by atoms with van der Waals surface area (Å²) in [5, 5.41) is 9.84. The van der Waals surface area contributed by atoms with Crippen molar-refractivity contribution in [3.05, 3.63) is 53.2 Å². The number of fused-ring (bicyclic) bond motifs is 1. The van der Waals surface area contributed by atoms with Gasteiger partial charge in [-0.2, -0.15) is 0 Å². The van der Waals surface area contributed by atoms with Crippen LogP contribution in [0.15, 0.2) is 36.5 Å². The number of methoxy groups -OCH3 is 1. The minimum atomic E-state index is -0.403. The van der Waals surface area contributed by atoms with Crippen LogP contribution in [0.1, 0.15) is 35.3 Å². The average molecular weight is 509 g/mol. The Balaban J connectivity index is 1.94. The van der Waals surface area contributed by atoms with Crippen LogP contribution < -0.4 is 9.47 Å². The van der Waals surface area contributed by atoms with E-state index < -0.39 is 12.1 Å². The average Bonchev–Trinajstić information content (AvgIpc) is 2.88. The summed E-state index contributed by atoms with van der Waals surface area (Å²) in [5.74, 6) is 6.65. The predicted molar refractivity (Wildman–Crippen MR) is 141 cm³/mol. The lowest BCUT2D eigenvalue weighted by atomic mass is 10.00. The molecule has 0 aliphatic carbocycles. The number of aliphatic hydroxyl groups is 1. The van der Waals surface area contributed by atoms with Gasteiger partial charge in [-0.15, -0.1) is 0 Å². The Hall–Kier alpha value is -3.61. The summed E-state index contributed by atoms with van der Waals surface area (Å²) >= 11 is 0. The molecule has 0 saturated carbocycles. The molecule has 1 aliphatic heterocycles. The molecule has 9 heteroatoms. The van der Waals surface area contributed by atoms with Crippen molar-refractivity contribution in [2.45, 2.75) is 26.0 Å². The molecule has 2 heterocycles. The highest BCUT2D eigenvalue weighted by molar-refractivity contribution is 5.97. The summed E-state index contributed by atoms with van der Waals surface area (Å²) in [6.07, 6.45) is 1.17. The highest BCUT2D eigenvalue weighted by Crippen LogP contribution is 2.27. The normalized spacial score (nSPS) is 18.1. The molecule has 1 aromatic heterocycles. The molecule has 0 saturated heterocycles. The fourth-order valence-corrected chi connectivity index (χ4v) is 3.97. The third kappa shape index (κ3) is 7.21. The fraction of sp³-hybridized carbons (Fsp3) is 0.464.